The van der Waals surface area contributed by atoms with E-state index in [0.717, 1.165) is 6.04 Å². The summed E-state index contributed by atoms with van der Waals surface area (Å²) in [5.74, 6) is 0. The molecule has 2 nitrogen and oxygen atoms in total. The molecule has 13 heavy (non-hydrogen) atoms. The molecule has 0 spiro atoms. The molecule has 2 aliphatic rings. The Hall–Kier alpha value is 0.270. The lowest BCUT2D eigenvalue weighted by Crippen LogP contribution is -2.61. The molecule has 0 aromatic rings. The maximum atomic E-state index is 4.44. The highest BCUT2D eigenvalue weighted by molar-refractivity contribution is 7.80. The number of hydrogen-bond acceptors (Lipinski definition) is 3. The van der Waals surface area contributed by atoms with Gasteiger partial charge in [0, 0.05) is 19.1 Å². The van der Waals surface area contributed by atoms with Gasteiger partial charge in [0.1, 0.15) is 0 Å². The van der Waals surface area contributed by atoms with Crippen LogP contribution in [0.1, 0.15) is 26.2 Å². The Kier molecular flexibility index (Phi) is 3.17. The van der Waals surface area contributed by atoms with E-state index in [-0.39, 0.29) is 0 Å². The van der Waals surface area contributed by atoms with Gasteiger partial charge < -0.3 is 0 Å². The monoisotopic (exact) mass is 200 g/mol. The number of thiol groups is 1. The molecule has 0 N–H and O–H groups in total. The van der Waals surface area contributed by atoms with Crippen LogP contribution >= 0.6 is 12.6 Å². The van der Waals surface area contributed by atoms with E-state index in [0.29, 0.717) is 5.37 Å². The van der Waals surface area contributed by atoms with Crippen molar-refractivity contribution < 1.29 is 0 Å². The third kappa shape index (κ3) is 2.20. The second kappa shape index (κ2) is 4.20. The van der Waals surface area contributed by atoms with Gasteiger partial charge in [-0.05, 0) is 32.9 Å². The molecule has 1 atom stereocenters. The van der Waals surface area contributed by atoms with Crippen molar-refractivity contribution in [3.05, 3.63) is 0 Å². The van der Waals surface area contributed by atoms with Gasteiger partial charge in [-0.2, -0.15) is 12.6 Å². The Morgan fingerprint density at radius 1 is 1.15 bits per heavy atom. The summed E-state index contributed by atoms with van der Waals surface area (Å²) in [7, 11) is 0. The molecule has 0 radical (unpaired) electrons. The van der Waals surface area contributed by atoms with E-state index < -0.39 is 0 Å². The van der Waals surface area contributed by atoms with Crippen molar-refractivity contribution >= 4 is 12.6 Å². The maximum Gasteiger partial charge on any atom is 0.0500 e. The Morgan fingerprint density at radius 2 is 1.77 bits per heavy atom. The molecule has 3 heteroatoms. The zero-order valence-electron chi connectivity index (χ0n) is 8.45. The summed E-state index contributed by atoms with van der Waals surface area (Å²) < 4.78 is 0. The largest absolute Gasteiger partial charge is 0.298 e. The number of nitrogens with zero attached hydrogens (tertiary/aromatic N) is 2. The first-order chi connectivity index (χ1) is 6.27. The molecule has 2 fully saturated rings. The van der Waals surface area contributed by atoms with Crippen LogP contribution in [0.4, 0.5) is 0 Å². The topological polar surface area (TPSA) is 6.48 Å². The van der Waals surface area contributed by atoms with Crippen molar-refractivity contribution in [3.8, 4) is 0 Å². The first-order valence-electron chi connectivity index (χ1n) is 5.43. The first-order valence-corrected chi connectivity index (χ1v) is 5.95. The highest BCUT2D eigenvalue weighted by atomic mass is 32.1. The van der Waals surface area contributed by atoms with Gasteiger partial charge in [0.2, 0.25) is 0 Å². The van der Waals surface area contributed by atoms with Crippen LogP contribution in [0.2, 0.25) is 0 Å². The number of piperidine rings is 1. The van der Waals surface area contributed by atoms with Gasteiger partial charge in [0.25, 0.3) is 0 Å². The van der Waals surface area contributed by atoms with E-state index in [9.17, 15) is 0 Å². The van der Waals surface area contributed by atoms with Gasteiger partial charge in [-0.3, -0.25) is 9.80 Å². The number of likely N-dealkylation sites (tertiary alicyclic amines) is 2. The van der Waals surface area contributed by atoms with Gasteiger partial charge in [-0.25, -0.2) is 0 Å². The van der Waals surface area contributed by atoms with E-state index in [1.165, 1.54) is 45.4 Å². The van der Waals surface area contributed by atoms with Crippen molar-refractivity contribution in [1.29, 1.82) is 0 Å². The minimum absolute atomic E-state index is 0.445. The molecule has 0 aromatic heterocycles. The molecule has 2 heterocycles. The van der Waals surface area contributed by atoms with Crippen LogP contribution in [0.5, 0.6) is 0 Å². The highest BCUT2D eigenvalue weighted by Gasteiger charge is 2.33. The predicted molar refractivity (Wildman–Crippen MR) is 59.2 cm³/mol. The van der Waals surface area contributed by atoms with E-state index in [1.54, 1.807) is 0 Å². The van der Waals surface area contributed by atoms with E-state index in [1.807, 2.05) is 0 Å². The van der Waals surface area contributed by atoms with Crippen LogP contribution in [-0.4, -0.2) is 47.4 Å². The summed E-state index contributed by atoms with van der Waals surface area (Å²) in [5.41, 5.74) is 0. The van der Waals surface area contributed by atoms with E-state index >= 15 is 0 Å². The summed E-state index contributed by atoms with van der Waals surface area (Å²) in [6.07, 6.45) is 4.26. The molecule has 76 valence electrons. The average Bonchev–Trinajstić information content (AvgIpc) is 2.02. The van der Waals surface area contributed by atoms with Crippen LogP contribution in [0.15, 0.2) is 0 Å². The molecule has 0 aliphatic carbocycles. The fourth-order valence-electron chi connectivity index (χ4n) is 2.31. The number of hydrogen-bond donors (Lipinski definition) is 1. The molecular weight excluding hydrogens is 180 g/mol. The molecule has 0 aromatic carbocycles. The second-order valence-corrected chi connectivity index (χ2v) is 5.08. The Morgan fingerprint density at radius 3 is 2.31 bits per heavy atom. The van der Waals surface area contributed by atoms with Crippen LogP contribution < -0.4 is 0 Å². The predicted octanol–water partition coefficient (Wildman–Crippen LogP) is 1.43. The van der Waals surface area contributed by atoms with Crippen molar-refractivity contribution in [1.82, 2.24) is 9.80 Å². The lowest BCUT2D eigenvalue weighted by Gasteiger charge is -2.48. The fourth-order valence-corrected chi connectivity index (χ4v) is 2.50. The minimum Gasteiger partial charge on any atom is -0.298 e. The first kappa shape index (κ1) is 9.81. The molecule has 2 saturated heterocycles. The quantitative estimate of drug-likeness (QED) is 0.674. The van der Waals surface area contributed by atoms with Crippen molar-refractivity contribution in [2.75, 3.05) is 26.2 Å². The number of rotatable bonds is 2. The van der Waals surface area contributed by atoms with Gasteiger partial charge in [0.05, 0.1) is 5.37 Å². The van der Waals surface area contributed by atoms with E-state index in [2.05, 4.69) is 29.4 Å². The maximum absolute atomic E-state index is 4.44. The van der Waals surface area contributed by atoms with Crippen molar-refractivity contribution in [2.45, 2.75) is 37.6 Å². The summed E-state index contributed by atoms with van der Waals surface area (Å²) in [6, 6.07) is 0.842. The molecule has 0 bridgehead atoms. The average molecular weight is 200 g/mol. The molecule has 0 amide bonds. The van der Waals surface area contributed by atoms with Gasteiger partial charge in [-0.1, -0.05) is 6.42 Å². The van der Waals surface area contributed by atoms with E-state index in [4.69, 9.17) is 0 Å². The molecule has 1 unspecified atom stereocenters. The van der Waals surface area contributed by atoms with Gasteiger partial charge in [-0.15, -0.1) is 0 Å². The SMILES string of the molecule is CC(S)N1CC(N2CCCCC2)C1. The third-order valence-electron chi connectivity index (χ3n) is 3.33. The summed E-state index contributed by atoms with van der Waals surface area (Å²) in [4.78, 5) is 5.10. The molecular formula is C10H20N2S. The van der Waals surface area contributed by atoms with Crippen LogP contribution in [0.25, 0.3) is 0 Å². The second-order valence-electron chi connectivity index (χ2n) is 4.34. The summed E-state index contributed by atoms with van der Waals surface area (Å²) >= 11 is 4.44. The van der Waals surface area contributed by atoms with Crippen molar-refractivity contribution in [3.63, 3.8) is 0 Å². The standard InChI is InChI=1S/C10H20N2S/c1-9(13)12-7-10(8-12)11-5-3-2-4-6-11/h9-10,13H,2-8H2,1H3. The highest BCUT2D eigenvalue weighted by Crippen LogP contribution is 2.22. The molecule has 2 aliphatic heterocycles. The van der Waals surface area contributed by atoms with Gasteiger partial charge >= 0.3 is 0 Å². The smallest absolute Gasteiger partial charge is 0.0500 e. The lowest BCUT2D eigenvalue weighted by atomic mass is 10.0. The Bertz CT molecular complexity index is 160. The van der Waals surface area contributed by atoms with Gasteiger partial charge in [0.15, 0.2) is 0 Å². The summed E-state index contributed by atoms with van der Waals surface area (Å²) in [6.45, 7) is 7.31. The Labute approximate surface area is 86.7 Å². The fraction of sp³-hybridized carbons (Fsp3) is 1.00. The Balaban J connectivity index is 1.72. The minimum atomic E-state index is 0.445. The normalized spacial score (nSPS) is 30.0. The van der Waals surface area contributed by atoms with Crippen LogP contribution in [0.3, 0.4) is 0 Å². The van der Waals surface area contributed by atoms with Crippen molar-refractivity contribution in [2.24, 2.45) is 0 Å². The summed E-state index contributed by atoms with van der Waals surface area (Å²) in [5, 5.41) is 0.445. The van der Waals surface area contributed by atoms with Crippen LogP contribution in [0, 0.1) is 0 Å². The molecule has 0 saturated carbocycles. The zero-order valence-corrected chi connectivity index (χ0v) is 9.34. The third-order valence-corrected chi connectivity index (χ3v) is 3.65. The molecule has 2 rings (SSSR count). The lowest BCUT2D eigenvalue weighted by molar-refractivity contribution is 0.0203. The zero-order chi connectivity index (χ0) is 9.26. The van der Waals surface area contributed by atoms with Crippen LogP contribution in [-0.2, 0) is 0 Å².